The first-order chi connectivity index (χ1) is 12.6. The molecule has 0 spiro atoms. The zero-order valence-corrected chi connectivity index (χ0v) is 17.7. The van der Waals surface area contributed by atoms with Crippen molar-refractivity contribution in [3.05, 3.63) is 36.4 Å². The Labute approximate surface area is 182 Å². The van der Waals surface area contributed by atoms with Gasteiger partial charge in [-0.1, -0.05) is 0 Å². The third-order valence-electron chi connectivity index (χ3n) is 3.42. The van der Waals surface area contributed by atoms with Gasteiger partial charge < -0.3 is 0 Å². The molecule has 2 N–H and O–H groups in total. The van der Waals surface area contributed by atoms with E-state index in [0.717, 1.165) is 0 Å². The van der Waals surface area contributed by atoms with Crippen LogP contribution in [0.1, 0.15) is 0 Å². The van der Waals surface area contributed by atoms with Crippen LogP contribution in [0.3, 0.4) is 0 Å². The smallest absolute Gasteiger partial charge is 0 e. The molecule has 0 fully saturated rings. The third-order valence-corrected chi connectivity index (χ3v) is 6.69. The maximum Gasteiger partial charge on any atom is 0 e. The molecule has 2 aromatic carbocycles. The maximum absolute atomic E-state index is 11.4. The van der Waals surface area contributed by atoms with Crippen LogP contribution in [0.4, 0.5) is 0 Å². The van der Waals surface area contributed by atoms with Gasteiger partial charge in [-0.05, 0) is 0 Å². The van der Waals surface area contributed by atoms with Crippen molar-refractivity contribution in [1.29, 1.82) is 0 Å². The Balaban J connectivity index is 0.00000225. The molecule has 4 rings (SSSR count). The number of fused-ring (bicyclic) bond motifs is 2. The zero-order valence-electron chi connectivity index (χ0n) is 13.1. The number of aromatic nitrogens is 6. The summed E-state index contributed by atoms with van der Waals surface area (Å²) in [4.78, 5) is -0.674. The maximum atomic E-state index is 11.4. The van der Waals surface area contributed by atoms with Gasteiger partial charge in [0.25, 0.3) is 0 Å². The first-order valence-corrected chi connectivity index (χ1v) is 11.1. The molecule has 0 aliphatic rings. The van der Waals surface area contributed by atoms with E-state index in [9.17, 15) is 21.4 Å². The van der Waals surface area contributed by atoms with Crippen LogP contribution in [0.2, 0.25) is 0 Å². The van der Waals surface area contributed by atoms with Crippen molar-refractivity contribution in [1.82, 2.24) is 26.8 Å². The quantitative estimate of drug-likeness (QED) is 0.236. The van der Waals surface area contributed by atoms with Crippen LogP contribution in [-0.4, -0.2) is 52.7 Å². The van der Waals surface area contributed by atoms with E-state index in [-0.39, 0.29) is 63.5 Å². The van der Waals surface area contributed by atoms with E-state index in [1.165, 1.54) is 36.5 Å². The van der Waals surface area contributed by atoms with Crippen molar-refractivity contribution < 1.29 is 68.6 Å². The van der Waals surface area contributed by atoms with Crippen LogP contribution in [0, 0.1) is 0 Å². The largest absolute Gasteiger partial charge is 0 e. The summed E-state index contributed by atoms with van der Waals surface area (Å²) in [6.45, 7) is 0. The van der Waals surface area contributed by atoms with Crippen LogP contribution < -0.4 is 0 Å². The van der Waals surface area contributed by atoms with Gasteiger partial charge in [0.15, 0.2) is 0 Å². The van der Waals surface area contributed by atoms with Crippen molar-refractivity contribution in [3.63, 3.8) is 0 Å². The zero-order chi connectivity index (χ0) is 19.4. The Morgan fingerprint density at radius 1 is 0.857 bits per heavy atom. The molecule has 1 radical (unpaired) electrons. The van der Waals surface area contributed by atoms with Crippen LogP contribution in [-0.2, 0) is 62.9 Å². The van der Waals surface area contributed by atoms with Crippen LogP contribution in [0.25, 0.3) is 22.1 Å². The molecule has 0 atom stereocenters. The fourth-order valence-corrected chi connectivity index (χ4v) is 4.77. The molecule has 0 aliphatic carbocycles. The topological polar surface area (TPSA) is 170 Å². The molecule has 2 aromatic heterocycles. The molecule has 2 heterocycles. The monoisotopic (exact) mass is 610 g/mol. The SMILES string of the molecule is O=S(=O)(O)c1ccc2c(c1)nn[n]2[Ag][n]1nnc2c(S(=O)(=O)O)cccc21.[Ag]. The van der Waals surface area contributed by atoms with Gasteiger partial charge in [-0.2, -0.15) is 0 Å². The molecule has 0 aliphatic heterocycles. The van der Waals surface area contributed by atoms with E-state index >= 15 is 0 Å². The Morgan fingerprint density at radius 2 is 1.54 bits per heavy atom. The van der Waals surface area contributed by atoms with Gasteiger partial charge in [0.2, 0.25) is 0 Å². The van der Waals surface area contributed by atoms with Gasteiger partial charge in [0.1, 0.15) is 0 Å². The van der Waals surface area contributed by atoms with E-state index in [0.29, 0.717) is 11.0 Å². The predicted molar refractivity (Wildman–Crippen MR) is 85.5 cm³/mol. The van der Waals surface area contributed by atoms with E-state index in [1.807, 2.05) is 0 Å². The van der Waals surface area contributed by atoms with Gasteiger partial charge in [-0.3, -0.25) is 0 Å². The summed E-state index contributed by atoms with van der Waals surface area (Å²) in [5.41, 5.74) is 1.06. The molecular formula is C12H8Ag2N6O6S2. The first kappa shape index (κ1) is 21.3. The number of nitrogens with zero attached hydrogens (tertiary/aromatic N) is 6. The fourth-order valence-electron chi connectivity index (χ4n) is 2.24. The summed E-state index contributed by atoms with van der Waals surface area (Å²) < 4.78 is 66.5. The second-order valence-corrected chi connectivity index (χ2v) is 9.48. The molecule has 0 bridgehead atoms. The normalized spacial score (nSPS) is 12.5. The average Bonchev–Trinajstić information content (AvgIpc) is 3.17. The molecule has 12 nitrogen and oxygen atoms in total. The van der Waals surface area contributed by atoms with Crippen LogP contribution in [0.5, 0.6) is 0 Å². The number of benzene rings is 2. The fraction of sp³-hybridized carbons (Fsp3) is 0. The van der Waals surface area contributed by atoms with Crippen molar-refractivity contribution in [2.24, 2.45) is 0 Å². The Morgan fingerprint density at radius 3 is 2.21 bits per heavy atom. The summed E-state index contributed by atoms with van der Waals surface area (Å²) in [6, 6.07) is 8.03. The van der Waals surface area contributed by atoms with Crippen molar-refractivity contribution in [3.8, 4) is 0 Å². The number of rotatable bonds is 4. The predicted octanol–water partition coefficient (Wildman–Crippen LogP) is -0.0242. The molecule has 156 valence electrons. The molecule has 28 heavy (non-hydrogen) atoms. The molecular weight excluding hydrogens is 604 g/mol. The molecule has 0 amide bonds. The first-order valence-electron chi connectivity index (χ1n) is 6.89. The molecule has 16 heteroatoms. The second kappa shape index (κ2) is 7.42. The Hall–Kier alpha value is -1.46. The Bertz CT molecular complexity index is 1420. The summed E-state index contributed by atoms with van der Waals surface area (Å²) >= 11 is -0.330. The third kappa shape index (κ3) is 3.84. The molecule has 0 saturated heterocycles. The second-order valence-electron chi connectivity index (χ2n) is 5.12. The summed E-state index contributed by atoms with van der Waals surface area (Å²) in [6.07, 6.45) is 0. The van der Waals surface area contributed by atoms with E-state index in [4.69, 9.17) is 4.55 Å². The Kier molecular flexibility index (Phi) is 5.63. The van der Waals surface area contributed by atoms with Gasteiger partial charge in [-0.25, -0.2) is 0 Å². The number of hydrogen-bond donors (Lipinski definition) is 2. The number of hydrogen-bond acceptors (Lipinski definition) is 8. The van der Waals surface area contributed by atoms with E-state index < -0.39 is 20.2 Å². The molecule has 4 aromatic rings. The minimum absolute atomic E-state index is 0. The molecule has 0 saturated carbocycles. The van der Waals surface area contributed by atoms with E-state index in [2.05, 4.69) is 20.6 Å². The van der Waals surface area contributed by atoms with Gasteiger partial charge in [-0.15, -0.1) is 0 Å². The standard InChI is InChI=1S/2C6H4N3O3S.2Ag/c10-13(11,12)4-1-2-5-6(3-4)8-9-7-5;10-13(11,12)5-3-1-2-4-6(5)8-9-7-4;;/h2*1-3H,(H-,7,8,9,10,11,12);;/q2*-1;;+2. The van der Waals surface area contributed by atoms with Crippen molar-refractivity contribution in [2.75, 3.05) is 0 Å². The van der Waals surface area contributed by atoms with Gasteiger partial charge >= 0.3 is 162 Å². The van der Waals surface area contributed by atoms with Crippen LogP contribution in [0.15, 0.2) is 46.2 Å². The summed E-state index contributed by atoms with van der Waals surface area (Å²) in [5, 5.41) is 15.5. The van der Waals surface area contributed by atoms with Gasteiger partial charge in [0, 0.05) is 22.4 Å². The summed E-state index contributed by atoms with van der Waals surface area (Å²) in [5.74, 6) is 0. The minimum Gasteiger partial charge on any atom is 0 e. The minimum atomic E-state index is -4.46. The molecule has 0 unspecified atom stereocenters. The van der Waals surface area contributed by atoms with Crippen molar-refractivity contribution >= 4 is 42.3 Å². The van der Waals surface area contributed by atoms with Crippen molar-refractivity contribution in [2.45, 2.75) is 9.79 Å². The van der Waals surface area contributed by atoms with Gasteiger partial charge in [0.05, 0.1) is 0 Å². The summed E-state index contributed by atoms with van der Waals surface area (Å²) in [7, 11) is -8.82. The van der Waals surface area contributed by atoms with E-state index in [1.54, 1.807) is 6.07 Å². The average molecular weight is 612 g/mol. The van der Waals surface area contributed by atoms with Crippen LogP contribution >= 0.6 is 0 Å².